The molecule has 0 aromatic carbocycles. The number of aliphatic hydroxyl groups excluding tert-OH is 4. The lowest BCUT2D eigenvalue weighted by molar-refractivity contribution is -0.142. The molecule has 0 radical (unpaired) electrons. The van der Waals surface area contributed by atoms with Gasteiger partial charge in [-0.25, -0.2) is 0 Å². The van der Waals surface area contributed by atoms with E-state index in [1.807, 2.05) is 0 Å². The van der Waals surface area contributed by atoms with Gasteiger partial charge < -0.3 is 68.5 Å². The molecule has 0 unspecified atom stereocenters. The van der Waals surface area contributed by atoms with Gasteiger partial charge in [-0.15, -0.1) is 0 Å². The van der Waals surface area contributed by atoms with Crippen LogP contribution in [0.1, 0.15) is 34.1 Å². The van der Waals surface area contributed by atoms with Crippen LogP contribution in [0.25, 0.3) is 0 Å². The molecule has 0 saturated heterocycles. The molecule has 0 bridgehead atoms. The van der Waals surface area contributed by atoms with Gasteiger partial charge in [0.05, 0.1) is 32.0 Å². The first-order valence-corrected chi connectivity index (χ1v) is 16.3. The Kier molecular flexibility index (Phi) is 20.6. The molecule has 14 N–H and O–H groups in total. The normalized spacial score (nSPS) is 16.4. The van der Waals surface area contributed by atoms with Gasteiger partial charge in [-0.1, -0.05) is 0 Å². The fraction of sp³-hybridized carbons (Fsp3) is 0.704. The molecule has 280 valence electrons. The number of amides is 7. The predicted octanol–water partition coefficient (Wildman–Crippen LogP) is -7.04. The van der Waals surface area contributed by atoms with E-state index in [1.54, 1.807) is 6.26 Å². The van der Waals surface area contributed by atoms with E-state index in [0.717, 1.165) is 6.92 Å². The van der Waals surface area contributed by atoms with Crippen LogP contribution in [-0.4, -0.2) is 159 Å². The zero-order chi connectivity index (χ0) is 38.0. The minimum Gasteiger partial charge on any atom is -0.480 e. The van der Waals surface area contributed by atoms with Crippen LogP contribution in [0.4, 0.5) is 0 Å². The first kappa shape index (κ1) is 44.9. The van der Waals surface area contributed by atoms with Crippen LogP contribution in [0.3, 0.4) is 0 Å². The molecular formula is C27H48N8O13S. The Balaban J connectivity index is 5.34. The van der Waals surface area contributed by atoms with Crippen molar-refractivity contribution in [3.63, 3.8) is 0 Å². The van der Waals surface area contributed by atoms with E-state index in [2.05, 4.69) is 37.2 Å². The van der Waals surface area contributed by atoms with Crippen LogP contribution in [0, 0.1) is 0 Å². The highest BCUT2D eigenvalue weighted by Crippen LogP contribution is 2.04. The monoisotopic (exact) mass is 724 g/mol. The number of aliphatic carboxylic acids is 1. The Hall–Kier alpha value is -4.09. The Morgan fingerprint density at radius 3 is 1.63 bits per heavy atom. The Morgan fingerprint density at radius 1 is 0.633 bits per heavy atom. The van der Waals surface area contributed by atoms with Crippen molar-refractivity contribution < 1.29 is 63.9 Å². The van der Waals surface area contributed by atoms with Crippen molar-refractivity contribution in [1.82, 2.24) is 37.2 Å². The number of aliphatic hydroxyl groups is 4. The van der Waals surface area contributed by atoms with Crippen molar-refractivity contribution in [3.05, 3.63) is 0 Å². The maximum absolute atomic E-state index is 13.0. The molecule has 0 spiro atoms. The number of carboxylic acid groups (broad SMARTS) is 1. The van der Waals surface area contributed by atoms with Gasteiger partial charge in [0.25, 0.3) is 0 Å². The lowest BCUT2D eigenvalue weighted by Gasteiger charge is -2.27. The second-order valence-electron chi connectivity index (χ2n) is 10.9. The summed E-state index contributed by atoms with van der Waals surface area (Å²) in [4.78, 5) is 98.9. The number of carbonyl (C=O) groups excluding carboxylic acids is 7. The number of nitrogens with one attached hydrogen (secondary N) is 7. The summed E-state index contributed by atoms with van der Waals surface area (Å²) in [5, 5.41) is 63.2. The third-order valence-corrected chi connectivity index (χ3v) is 7.29. The maximum atomic E-state index is 13.0. The quantitative estimate of drug-likeness (QED) is 0.0493. The van der Waals surface area contributed by atoms with Crippen LogP contribution in [-0.2, 0) is 38.4 Å². The van der Waals surface area contributed by atoms with Crippen molar-refractivity contribution in [1.29, 1.82) is 0 Å². The van der Waals surface area contributed by atoms with Crippen molar-refractivity contribution in [2.45, 2.75) is 88.6 Å². The number of carboxylic acids is 1. The fourth-order valence-corrected chi connectivity index (χ4v) is 4.15. The summed E-state index contributed by atoms with van der Waals surface area (Å²) in [5.41, 5.74) is 5.37. The molecule has 0 saturated carbocycles. The fourth-order valence-electron chi connectivity index (χ4n) is 3.68. The van der Waals surface area contributed by atoms with Crippen LogP contribution >= 0.6 is 11.8 Å². The van der Waals surface area contributed by atoms with Gasteiger partial charge in [-0.05, 0) is 46.1 Å². The van der Waals surface area contributed by atoms with Gasteiger partial charge >= 0.3 is 5.97 Å². The van der Waals surface area contributed by atoms with Gasteiger partial charge in [0, 0.05) is 0 Å². The van der Waals surface area contributed by atoms with Crippen molar-refractivity contribution >= 4 is 59.1 Å². The largest absolute Gasteiger partial charge is 0.480 e. The minimum atomic E-state index is -1.69. The molecule has 22 heteroatoms. The number of hydrogen-bond acceptors (Lipinski definition) is 14. The average Bonchev–Trinajstić information content (AvgIpc) is 3.03. The average molecular weight is 725 g/mol. The van der Waals surface area contributed by atoms with E-state index in [1.165, 1.54) is 32.5 Å². The summed E-state index contributed by atoms with van der Waals surface area (Å²) in [6.07, 6.45) is -1.15. The van der Waals surface area contributed by atoms with Crippen molar-refractivity contribution in [2.75, 3.05) is 31.8 Å². The third kappa shape index (κ3) is 16.2. The van der Waals surface area contributed by atoms with E-state index >= 15 is 0 Å². The van der Waals surface area contributed by atoms with E-state index in [9.17, 15) is 53.7 Å². The van der Waals surface area contributed by atoms with Crippen LogP contribution in [0.15, 0.2) is 0 Å². The highest BCUT2D eigenvalue weighted by molar-refractivity contribution is 7.98. The summed E-state index contributed by atoms with van der Waals surface area (Å²) < 4.78 is 0. The van der Waals surface area contributed by atoms with Gasteiger partial charge in [-0.2, -0.15) is 11.8 Å². The highest BCUT2D eigenvalue weighted by Gasteiger charge is 2.33. The van der Waals surface area contributed by atoms with Gasteiger partial charge in [0.2, 0.25) is 41.4 Å². The van der Waals surface area contributed by atoms with Crippen molar-refractivity contribution in [2.24, 2.45) is 5.73 Å². The minimum absolute atomic E-state index is 0.0746. The Labute approximate surface area is 286 Å². The van der Waals surface area contributed by atoms with Gasteiger partial charge in [-0.3, -0.25) is 38.4 Å². The number of thioether (sulfide) groups is 1. The van der Waals surface area contributed by atoms with E-state index in [0.29, 0.717) is 5.75 Å². The lowest BCUT2D eigenvalue weighted by Crippen LogP contribution is -2.61. The molecule has 9 atom stereocenters. The first-order chi connectivity index (χ1) is 22.8. The summed E-state index contributed by atoms with van der Waals surface area (Å²) >= 11 is 1.34. The highest BCUT2D eigenvalue weighted by atomic mass is 32.2. The summed E-state index contributed by atoms with van der Waals surface area (Å²) in [7, 11) is 0. The van der Waals surface area contributed by atoms with Crippen LogP contribution < -0.4 is 43.0 Å². The smallest absolute Gasteiger partial charge is 0.325 e. The molecule has 0 heterocycles. The maximum Gasteiger partial charge on any atom is 0.325 e. The van der Waals surface area contributed by atoms with Gasteiger partial charge in [0.15, 0.2) is 0 Å². The molecular weight excluding hydrogens is 676 g/mol. The molecule has 21 nitrogen and oxygen atoms in total. The molecule has 0 aliphatic heterocycles. The SMILES string of the molecule is CSCC[C@H](NC(=O)[C@@H](NC(=O)[C@H](CO)NC(=O)[C@H](C)NC(=O)CNC(=O)[C@@H](NC(=O)[C@@H](N)CO)[C@@H](C)O)[C@@H](C)O)C(=O)N[C@@H](C)C(=O)O. The molecule has 49 heavy (non-hydrogen) atoms. The standard InChI is InChI=1S/C27H48N8O13S/c1-11(30-18(40)8-29-25(45)19(13(3)38)34-22(42)15(28)9-36)21(41)33-17(10-37)24(44)35-20(14(4)39)26(46)32-16(6-7-49-5)23(43)31-12(2)27(47)48/h11-17,19-20,36-39H,6-10,28H2,1-5H3,(H,29,45)(H,30,40)(H,31,43)(H,32,46)(H,33,41)(H,34,42)(H,35,44)(H,47,48)/t11-,12-,13+,14+,15-,16-,17-,19-,20-/m0/s1. The first-order valence-electron chi connectivity index (χ1n) is 14.9. The van der Waals surface area contributed by atoms with Crippen LogP contribution in [0.5, 0.6) is 0 Å². The molecule has 7 amide bonds. The molecule has 0 aliphatic rings. The summed E-state index contributed by atoms with van der Waals surface area (Å²) in [6.45, 7) is 2.32. The molecule has 0 fully saturated rings. The topological polar surface area (TPSA) is 348 Å². The number of rotatable bonds is 22. The van der Waals surface area contributed by atoms with E-state index in [4.69, 9.17) is 15.9 Å². The van der Waals surface area contributed by atoms with Gasteiger partial charge in [0.1, 0.15) is 42.3 Å². The molecule has 0 aromatic heterocycles. The Bertz CT molecular complexity index is 1180. The molecule has 0 rings (SSSR count). The van der Waals surface area contributed by atoms with Crippen molar-refractivity contribution in [3.8, 4) is 0 Å². The Morgan fingerprint density at radius 2 is 1.14 bits per heavy atom. The number of carbonyl (C=O) groups is 8. The lowest BCUT2D eigenvalue weighted by atomic mass is 10.1. The zero-order valence-corrected chi connectivity index (χ0v) is 28.5. The van der Waals surface area contributed by atoms with E-state index < -0.39 is 122 Å². The number of hydrogen-bond donors (Lipinski definition) is 13. The predicted molar refractivity (Wildman–Crippen MR) is 172 cm³/mol. The number of nitrogens with two attached hydrogens (primary N) is 1. The molecule has 0 aromatic rings. The second kappa shape index (κ2) is 22.5. The second-order valence-corrected chi connectivity index (χ2v) is 11.9. The zero-order valence-electron chi connectivity index (χ0n) is 27.7. The van der Waals surface area contributed by atoms with E-state index in [-0.39, 0.29) is 6.42 Å². The molecule has 0 aliphatic carbocycles. The summed E-state index contributed by atoms with van der Waals surface area (Å²) in [5.74, 6) is -7.72. The summed E-state index contributed by atoms with van der Waals surface area (Å²) in [6, 6.07) is -10.1. The van der Waals surface area contributed by atoms with Crippen LogP contribution in [0.2, 0.25) is 0 Å². The third-order valence-electron chi connectivity index (χ3n) is 6.64.